The van der Waals surface area contributed by atoms with Crippen molar-refractivity contribution in [2.75, 3.05) is 0 Å². The van der Waals surface area contributed by atoms with Crippen molar-refractivity contribution in [3.05, 3.63) is 54.0 Å². The molecule has 1 unspecified atom stereocenters. The van der Waals surface area contributed by atoms with Crippen LogP contribution < -0.4 is 15.4 Å². The Morgan fingerprint density at radius 3 is 2.68 bits per heavy atom. The highest BCUT2D eigenvalue weighted by atomic mass is 16.5. The summed E-state index contributed by atoms with van der Waals surface area (Å²) in [5.74, 6) is 1.78. The van der Waals surface area contributed by atoms with Crippen LogP contribution in [0, 0.1) is 0 Å². The van der Waals surface area contributed by atoms with Crippen LogP contribution in [0.1, 0.15) is 43.9 Å². The number of ether oxygens (including phenoxy) is 1. The molecule has 0 radical (unpaired) electrons. The van der Waals surface area contributed by atoms with E-state index in [2.05, 4.69) is 10.6 Å². The van der Waals surface area contributed by atoms with Crippen LogP contribution >= 0.6 is 0 Å². The molecular weight excluding hydrogens is 316 g/mol. The summed E-state index contributed by atoms with van der Waals surface area (Å²) in [6.07, 6.45) is 7.51. The number of hydrogen-bond acceptors (Lipinski definition) is 3. The Balaban J connectivity index is 1.39. The maximum atomic E-state index is 12.0. The molecule has 1 aliphatic carbocycles. The van der Waals surface area contributed by atoms with Gasteiger partial charge in [0.25, 0.3) is 0 Å². The first kappa shape index (κ1) is 17.4. The third-order valence-corrected chi connectivity index (χ3v) is 4.45. The molecule has 0 saturated heterocycles. The highest BCUT2D eigenvalue weighted by Crippen LogP contribution is 2.24. The highest BCUT2D eigenvalue weighted by molar-refractivity contribution is 5.74. The number of nitrogens with one attached hydrogen (secondary N) is 2. The van der Waals surface area contributed by atoms with E-state index in [1.54, 1.807) is 6.26 Å². The van der Waals surface area contributed by atoms with Crippen molar-refractivity contribution in [2.45, 2.75) is 57.7 Å². The summed E-state index contributed by atoms with van der Waals surface area (Å²) in [5, 5.41) is 5.79. The van der Waals surface area contributed by atoms with Gasteiger partial charge in [-0.3, -0.25) is 0 Å². The molecular formula is C20H26N2O3. The fourth-order valence-electron chi connectivity index (χ4n) is 3.12. The van der Waals surface area contributed by atoms with Crippen molar-refractivity contribution in [1.82, 2.24) is 10.6 Å². The molecule has 5 heteroatoms. The van der Waals surface area contributed by atoms with Crippen LogP contribution in [0.2, 0.25) is 0 Å². The molecule has 5 nitrogen and oxygen atoms in total. The van der Waals surface area contributed by atoms with Gasteiger partial charge in [0.05, 0.1) is 12.4 Å². The van der Waals surface area contributed by atoms with Crippen LogP contribution in [0.4, 0.5) is 4.79 Å². The van der Waals surface area contributed by atoms with Gasteiger partial charge in [-0.1, -0.05) is 12.1 Å². The van der Waals surface area contributed by atoms with E-state index in [1.807, 2.05) is 43.3 Å². The van der Waals surface area contributed by atoms with Crippen molar-refractivity contribution < 1.29 is 13.9 Å². The van der Waals surface area contributed by atoms with Gasteiger partial charge in [0.2, 0.25) is 0 Å². The zero-order valence-electron chi connectivity index (χ0n) is 14.7. The summed E-state index contributed by atoms with van der Waals surface area (Å²) in [6.45, 7) is 2.44. The van der Waals surface area contributed by atoms with E-state index in [0.717, 1.165) is 29.9 Å². The quantitative estimate of drug-likeness (QED) is 0.798. The second-order valence-electron chi connectivity index (χ2n) is 6.68. The van der Waals surface area contributed by atoms with Crippen molar-refractivity contribution in [3.8, 4) is 5.75 Å². The van der Waals surface area contributed by atoms with Gasteiger partial charge < -0.3 is 19.8 Å². The predicted molar refractivity (Wildman–Crippen MR) is 96.6 cm³/mol. The maximum absolute atomic E-state index is 12.0. The number of urea groups is 1. The van der Waals surface area contributed by atoms with Gasteiger partial charge in [0, 0.05) is 19.0 Å². The fourth-order valence-corrected chi connectivity index (χ4v) is 3.12. The van der Waals surface area contributed by atoms with E-state index in [-0.39, 0.29) is 12.1 Å². The molecule has 1 saturated carbocycles. The summed E-state index contributed by atoms with van der Waals surface area (Å²) >= 11 is 0. The molecule has 2 N–H and O–H groups in total. The lowest BCUT2D eigenvalue weighted by atomic mass is 10.2. The minimum Gasteiger partial charge on any atom is -0.490 e. The molecule has 1 heterocycles. The summed E-state index contributed by atoms with van der Waals surface area (Å²) in [4.78, 5) is 12.0. The Morgan fingerprint density at radius 1 is 1.24 bits per heavy atom. The van der Waals surface area contributed by atoms with Crippen LogP contribution in [0.25, 0.3) is 0 Å². The minimum absolute atomic E-state index is 0.00772. The average Bonchev–Trinajstić information content (AvgIpc) is 3.28. The number of carbonyl (C=O) groups excluding carboxylic acids is 1. The smallest absolute Gasteiger partial charge is 0.315 e. The van der Waals surface area contributed by atoms with Gasteiger partial charge in [-0.05, 0) is 62.4 Å². The van der Waals surface area contributed by atoms with Gasteiger partial charge in [-0.25, -0.2) is 4.79 Å². The van der Waals surface area contributed by atoms with E-state index < -0.39 is 0 Å². The Labute approximate surface area is 148 Å². The normalized spacial score (nSPS) is 15.7. The van der Waals surface area contributed by atoms with Crippen LogP contribution in [0.3, 0.4) is 0 Å². The lowest BCUT2D eigenvalue weighted by Crippen LogP contribution is -2.41. The van der Waals surface area contributed by atoms with Crippen LogP contribution in [-0.4, -0.2) is 18.2 Å². The Kier molecular flexibility index (Phi) is 5.99. The molecule has 2 aromatic rings. The molecule has 1 aromatic heterocycles. The SMILES string of the molecule is CC(Cc1ccco1)NC(=O)NCc1ccc(OC2CCCC2)cc1. The fraction of sp³-hybridized carbons (Fsp3) is 0.450. The Morgan fingerprint density at radius 2 is 2.00 bits per heavy atom. The second-order valence-corrected chi connectivity index (χ2v) is 6.68. The number of rotatable bonds is 7. The van der Waals surface area contributed by atoms with Crippen molar-refractivity contribution in [3.63, 3.8) is 0 Å². The summed E-state index contributed by atoms with van der Waals surface area (Å²) in [6, 6.07) is 11.5. The number of furan rings is 1. The summed E-state index contributed by atoms with van der Waals surface area (Å²) in [5.41, 5.74) is 1.05. The molecule has 3 rings (SSSR count). The molecule has 0 aliphatic heterocycles. The topological polar surface area (TPSA) is 63.5 Å². The first-order valence-electron chi connectivity index (χ1n) is 9.01. The number of hydrogen-bond donors (Lipinski definition) is 2. The predicted octanol–water partition coefficient (Wildman–Crippen LogP) is 4.03. The molecule has 1 aliphatic rings. The van der Waals surface area contributed by atoms with Crippen LogP contribution in [0.5, 0.6) is 5.75 Å². The monoisotopic (exact) mass is 342 g/mol. The summed E-state index contributed by atoms with van der Waals surface area (Å²) < 4.78 is 11.2. The summed E-state index contributed by atoms with van der Waals surface area (Å²) in [7, 11) is 0. The average molecular weight is 342 g/mol. The van der Waals surface area contributed by atoms with E-state index in [4.69, 9.17) is 9.15 Å². The Hall–Kier alpha value is -2.43. The molecule has 2 amide bonds. The van der Waals surface area contributed by atoms with Crippen molar-refractivity contribution in [1.29, 1.82) is 0 Å². The van der Waals surface area contributed by atoms with Gasteiger partial charge in [-0.2, -0.15) is 0 Å². The first-order chi connectivity index (χ1) is 12.2. The molecule has 1 atom stereocenters. The minimum atomic E-state index is -0.176. The standard InChI is InChI=1S/C20H26N2O3/c1-15(13-19-7-4-12-24-19)22-20(23)21-14-16-8-10-18(11-9-16)25-17-5-2-3-6-17/h4,7-12,15,17H,2-3,5-6,13-14H2,1H3,(H2,21,22,23). The van der Waals surface area contributed by atoms with E-state index >= 15 is 0 Å². The largest absolute Gasteiger partial charge is 0.490 e. The molecule has 0 bridgehead atoms. The van der Waals surface area contributed by atoms with Gasteiger partial charge in [-0.15, -0.1) is 0 Å². The van der Waals surface area contributed by atoms with E-state index in [9.17, 15) is 4.79 Å². The van der Waals surface area contributed by atoms with Crippen molar-refractivity contribution >= 4 is 6.03 Å². The lowest BCUT2D eigenvalue weighted by Gasteiger charge is -2.15. The van der Waals surface area contributed by atoms with Gasteiger partial charge in [0.1, 0.15) is 11.5 Å². The number of amides is 2. The second kappa shape index (κ2) is 8.60. The molecule has 1 aromatic carbocycles. The molecule has 0 spiro atoms. The van der Waals surface area contributed by atoms with Gasteiger partial charge in [0.15, 0.2) is 0 Å². The maximum Gasteiger partial charge on any atom is 0.315 e. The van der Waals surface area contributed by atoms with E-state index in [1.165, 1.54) is 12.8 Å². The highest BCUT2D eigenvalue weighted by Gasteiger charge is 2.16. The van der Waals surface area contributed by atoms with Crippen LogP contribution in [0.15, 0.2) is 47.1 Å². The molecule has 25 heavy (non-hydrogen) atoms. The molecule has 1 fully saturated rings. The third-order valence-electron chi connectivity index (χ3n) is 4.45. The lowest BCUT2D eigenvalue weighted by molar-refractivity contribution is 0.210. The first-order valence-corrected chi connectivity index (χ1v) is 9.01. The number of benzene rings is 1. The van der Waals surface area contributed by atoms with Crippen molar-refractivity contribution in [2.24, 2.45) is 0 Å². The zero-order chi connectivity index (χ0) is 17.5. The third kappa shape index (κ3) is 5.55. The van der Waals surface area contributed by atoms with E-state index in [0.29, 0.717) is 19.1 Å². The van der Waals surface area contributed by atoms with Crippen LogP contribution in [-0.2, 0) is 13.0 Å². The Bertz CT molecular complexity index is 646. The zero-order valence-corrected chi connectivity index (χ0v) is 14.7. The number of carbonyl (C=O) groups is 1. The molecule has 134 valence electrons. The van der Waals surface area contributed by atoms with Gasteiger partial charge >= 0.3 is 6.03 Å².